The van der Waals surface area contributed by atoms with E-state index in [2.05, 4.69) is 5.32 Å². The Labute approximate surface area is 77.3 Å². The van der Waals surface area contributed by atoms with Crippen molar-refractivity contribution < 1.29 is 14.7 Å². The molecular weight excluding hydrogens is 172 g/mol. The molecule has 5 nitrogen and oxygen atoms in total. The van der Waals surface area contributed by atoms with Crippen molar-refractivity contribution in [3.05, 3.63) is 0 Å². The van der Waals surface area contributed by atoms with Gasteiger partial charge in [-0.05, 0) is 6.92 Å². The summed E-state index contributed by atoms with van der Waals surface area (Å²) in [6.07, 6.45) is -0.0664. The molecule has 4 N–H and O–H groups in total. The van der Waals surface area contributed by atoms with Gasteiger partial charge in [-0.15, -0.1) is 0 Å². The molecule has 0 aromatic carbocycles. The number of hydrogen-bond acceptors (Lipinski definition) is 3. The molecule has 0 heterocycles. The normalized spacial score (nSPS) is 14.7. The Morgan fingerprint density at radius 1 is 1.46 bits per heavy atom. The van der Waals surface area contributed by atoms with Gasteiger partial charge in [-0.1, -0.05) is 6.92 Å². The molecule has 2 atom stereocenters. The molecule has 0 saturated heterocycles. The van der Waals surface area contributed by atoms with E-state index in [1.54, 1.807) is 13.8 Å². The molecule has 0 aliphatic carbocycles. The highest BCUT2D eigenvalue weighted by molar-refractivity contribution is 5.79. The predicted molar refractivity (Wildman–Crippen MR) is 48.1 cm³/mol. The molecule has 0 spiro atoms. The van der Waals surface area contributed by atoms with Gasteiger partial charge in [0.05, 0.1) is 6.42 Å². The van der Waals surface area contributed by atoms with Crippen LogP contribution in [0.15, 0.2) is 0 Å². The average Bonchev–Trinajstić information content (AvgIpc) is 2.01. The van der Waals surface area contributed by atoms with Gasteiger partial charge in [0.25, 0.3) is 0 Å². The Kier molecular flexibility index (Phi) is 5.06. The highest BCUT2D eigenvalue weighted by Crippen LogP contribution is 1.95. The fraction of sp³-hybridized carbons (Fsp3) is 0.750. The fourth-order valence-electron chi connectivity index (χ4n) is 0.805. The number of rotatable bonds is 5. The Balaban J connectivity index is 3.84. The Morgan fingerprint density at radius 3 is 2.38 bits per heavy atom. The van der Waals surface area contributed by atoms with E-state index in [1.807, 2.05) is 0 Å². The molecule has 0 bridgehead atoms. The number of nitrogens with one attached hydrogen (secondary N) is 1. The van der Waals surface area contributed by atoms with Gasteiger partial charge >= 0.3 is 5.97 Å². The number of aliphatic carboxylic acids is 1. The van der Waals surface area contributed by atoms with Gasteiger partial charge in [-0.2, -0.15) is 0 Å². The van der Waals surface area contributed by atoms with Crippen LogP contribution in [0.2, 0.25) is 0 Å². The maximum absolute atomic E-state index is 11.2. The molecule has 13 heavy (non-hydrogen) atoms. The van der Waals surface area contributed by atoms with Gasteiger partial charge in [-0.25, -0.2) is 0 Å². The second kappa shape index (κ2) is 5.53. The molecule has 0 aliphatic rings. The van der Waals surface area contributed by atoms with Crippen LogP contribution in [0.4, 0.5) is 0 Å². The molecule has 0 aliphatic heterocycles. The molecule has 0 saturated carbocycles. The molecule has 1 amide bonds. The number of carbonyl (C=O) groups excluding carboxylic acids is 1. The molecular formula is C8H16N2O3. The quantitative estimate of drug-likeness (QED) is 0.545. The van der Waals surface area contributed by atoms with E-state index in [9.17, 15) is 9.59 Å². The summed E-state index contributed by atoms with van der Waals surface area (Å²) < 4.78 is 0. The van der Waals surface area contributed by atoms with Gasteiger partial charge in [0.15, 0.2) is 0 Å². The topological polar surface area (TPSA) is 92.4 Å². The zero-order valence-corrected chi connectivity index (χ0v) is 7.91. The summed E-state index contributed by atoms with van der Waals surface area (Å²) in [5.74, 6) is -1.39. The standard InChI is InChI=1S/C8H16N2O3/c1-5(4-9)8(13)10-6(2)3-7(11)12/h5-6H,3-4,9H2,1-2H3,(H,10,13)(H,11,12). The smallest absolute Gasteiger partial charge is 0.305 e. The third kappa shape index (κ3) is 5.19. The molecule has 76 valence electrons. The summed E-state index contributed by atoms with van der Waals surface area (Å²) in [5, 5.41) is 11.0. The third-order valence-electron chi connectivity index (χ3n) is 1.67. The lowest BCUT2D eigenvalue weighted by Gasteiger charge is -2.14. The maximum Gasteiger partial charge on any atom is 0.305 e. The molecule has 0 aromatic heterocycles. The van der Waals surface area contributed by atoms with Crippen LogP contribution in [0.1, 0.15) is 20.3 Å². The van der Waals surface area contributed by atoms with E-state index in [0.29, 0.717) is 0 Å². The van der Waals surface area contributed by atoms with Crippen molar-refractivity contribution >= 4 is 11.9 Å². The van der Waals surface area contributed by atoms with E-state index >= 15 is 0 Å². The SMILES string of the molecule is CC(CC(=O)O)NC(=O)C(C)CN. The molecule has 0 aromatic rings. The lowest BCUT2D eigenvalue weighted by atomic mass is 10.1. The van der Waals surface area contributed by atoms with Crippen molar-refractivity contribution in [2.24, 2.45) is 11.7 Å². The summed E-state index contributed by atoms with van der Waals surface area (Å²) in [4.78, 5) is 21.4. The van der Waals surface area contributed by atoms with Gasteiger partial charge in [0, 0.05) is 18.5 Å². The molecule has 5 heteroatoms. The Hall–Kier alpha value is -1.10. The highest BCUT2D eigenvalue weighted by Gasteiger charge is 2.14. The van der Waals surface area contributed by atoms with Crippen LogP contribution in [0.25, 0.3) is 0 Å². The van der Waals surface area contributed by atoms with E-state index in [0.717, 1.165) is 0 Å². The first kappa shape index (κ1) is 11.9. The first-order valence-electron chi connectivity index (χ1n) is 4.19. The zero-order chi connectivity index (χ0) is 10.4. The molecule has 0 fully saturated rings. The summed E-state index contributed by atoms with van der Waals surface area (Å²) in [7, 11) is 0. The van der Waals surface area contributed by atoms with Crippen LogP contribution in [0.5, 0.6) is 0 Å². The van der Waals surface area contributed by atoms with Crippen LogP contribution in [-0.2, 0) is 9.59 Å². The second-order valence-corrected chi connectivity index (χ2v) is 3.14. The van der Waals surface area contributed by atoms with Crippen molar-refractivity contribution in [2.45, 2.75) is 26.3 Å². The van der Waals surface area contributed by atoms with Crippen LogP contribution in [0, 0.1) is 5.92 Å². The van der Waals surface area contributed by atoms with E-state index < -0.39 is 5.97 Å². The van der Waals surface area contributed by atoms with Gasteiger partial charge in [0.1, 0.15) is 0 Å². The van der Waals surface area contributed by atoms with E-state index in [4.69, 9.17) is 10.8 Å². The number of nitrogens with two attached hydrogens (primary N) is 1. The minimum Gasteiger partial charge on any atom is -0.481 e. The van der Waals surface area contributed by atoms with E-state index in [-0.39, 0.29) is 30.8 Å². The maximum atomic E-state index is 11.2. The van der Waals surface area contributed by atoms with Crippen molar-refractivity contribution in [3.8, 4) is 0 Å². The largest absolute Gasteiger partial charge is 0.481 e. The highest BCUT2D eigenvalue weighted by atomic mass is 16.4. The molecule has 0 radical (unpaired) electrons. The van der Waals surface area contributed by atoms with Crippen molar-refractivity contribution in [3.63, 3.8) is 0 Å². The number of amides is 1. The second-order valence-electron chi connectivity index (χ2n) is 3.14. The zero-order valence-electron chi connectivity index (χ0n) is 7.91. The Bertz CT molecular complexity index is 194. The first-order chi connectivity index (χ1) is 5.97. The number of hydrogen-bond donors (Lipinski definition) is 3. The Morgan fingerprint density at radius 2 is 2.00 bits per heavy atom. The van der Waals surface area contributed by atoms with Crippen LogP contribution in [-0.4, -0.2) is 29.6 Å². The fourth-order valence-corrected chi connectivity index (χ4v) is 0.805. The summed E-state index contributed by atoms with van der Waals surface area (Å²) in [6.45, 7) is 3.61. The van der Waals surface area contributed by atoms with Crippen LogP contribution in [0.3, 0.4) is 0 Å². The monoisotopic (exact) mass is 188 g/mol. The predicted octanol–water partition coefficient (Wildman–Crippen LogP) is -0.439. The summed E-state index contributed by atoms with van der Waals surface area (Å²) >= 11 is 0. The molecule has 2 unspecified atom stereocenters. The minimum atomic E-state index is -0.923. The van der Waals surface area contributed by atoms with Crippen LogP contribution >= 0.6 is 0 Å². The van der Waals surface area contributed by atoms with Crippen molar-refractivity contribution in [1.29, 1.82) is 0 Å². The van der Waals surface area contributed by atoms with Crippen LogP contribution < -0.4 is 11.1 Å². The molecule has 0 rings (SSSR count). The van der Waals surface area contributed by atoms with Gasteiger partial charge in [-0.3, -0.25) is 9.59 Å². The number of carboxylic acid groups (broad SMARTS) is 1. The first-order valence-corrected chi connectivity index (χ1v) is 4.19. The van der Waals surface area contributed by atoms with Gasteiger partial charge < -0.3 is 16.2 Å². The van der Waals surface area contributed by atoms with Gasteiger partial charge in [0.2, 0.25) is 5.91 Å². The average molecular weight is 188 g/mol. The van der Waals surface area contributed by atoms with E-state index in [1.165, 1.54) is 0 Å². The number of carbonyl (C=O) groups is 2. The van der Waals surface area contributed by atoms with Crippen molar-refractivity contribution in [2.75, 3.05) is 6.54 Å². The minimum absolute atomic E-state index is 0.0664. The number of carboxylic acids is 1. The van der Waals surface area contributed by atoms with Crippen molar-refractivity contribution in [1.82, 2.24) is 5.32 Å². The lowest BCUT2D eigenvalue weighted by Crippen LogP contribution is -2.39. The summed E-state index contributed by atoms with van der Waals surface area (Å²) in [5.41, 5.74) is 5.27. The lowest BCUT2D eigenvalue weighted by molar-refractivity contribution is -0.137. The summed E-state index contributed by atoms with van der Waals surface area (Å²) in [6, 6.07) is -0.348. The third-order valence-corrected chi connectivity index (χ3v) is 1.67.